The number of hydrogen-bond donors (Lipinski definition) is 2. The van der Waals surface area contributed by atoms with Crippen LogP contribution >= 0.6 is 11.6 Å². The fourth-order valence-electron chi connectivity index (χ4n) is 2.64. The molecular formula is C18H20ClN5O. The minimum absolute atomic E-state index is 0.109. The molecule has 6 nitrogen and oxygen atoms in total. The molecule has 0 amide bonds. The number of aryl methyl sites for hydroxylation is 1. The van der Waals surface area contributed by atoms with E-state index < -0.39 is 0 Å². The van der Waals surface area contributed by atoms with Gasteiger partial charge in [-0.3, -0.25) is 4.68 Å². The Kier molecular flexibility index (Phi) is 5.63. The second-order valence-corrected chi connectivity index (χ2v) is 6.09. The van der Waals surface area contributed by atoms with Crippen molar-refractivity contribution in [1.29, 1.82) is 0 Å². The van der Waals surface area contributed by atoms with Gasteiger partial charge in [0.1, 0.15) is 17.8 Å². The number of hydrogen-bond acceptors (Lipinski definition) is 5. The van der Waals surface area contributed by atoms with E-state index in [0.717, 1.165) is 48.6 Å². The minimum atomic E-state index is 0.109. The van der Waals surface area contributed by atoms with Gasteiger partial charge in [0, 0.05) is 35.1 Å². The van der Waals surface area contributed by atoms with Crippen LogP contribution in [0.3, 0.4) is 0 Å². The van der Waals surface area contributed by atoms with Gasteiger partial charge in [-0.15, -0.1) is 0 Å². The van der Waals surface area contributed by atoms with Gasteiger partial charge in [-0.2, -0.15) is 5.10 Å². The van der Waals surface area contributed by atoms with E-state index >= 15 is 0 Å². The predicted octanol–water partition coefficient (Wildman–Crippen LogP) is 3.37. The summed E-state index contributed by atoms with van der Waals surface area (Å²) in [7, 11) is 0. The third-order valence-electron chi connectivity index (χ3n) is 3.77. The van der Waals surface area contributed by atoms with E-state index in [4.69, 9.17) is 16.7 Å². The lowest BCUT2D eigenvalue weighted by Crippen LogP contribution is -2.16. The maximum atomic E-state index is 9.87. The van der Waals surface area contributed by atoms with Gasteiger partial charge in [0.05, 0.1) is 5.69 Å². The monoisotopic (exact) mass is 357 g/mol. The molecule has 7 heteroatoms. The summed E-state index contributed by atoms with van der Waals surface area (Å²) in [4.78, 5) is 8.30. The molecule has 0 aliphatic heterocycles. The molecule has 0 aliphatic carbocycles. The molecule has 3 rings (SSSR count). The van der Waals surface area contributed by atoms with Crippen molar-refractivity contribution in [1.82, 2.24) is 25.1 Å². The standard InChI is InChI=1S/C18H20ClN5O/c1-2-20-5-3-7-24-11-16(17-4-6-21-12-22-17)18(23-24)13-8-14(19)10-15(25)9-13/h4,6,8-12,20,25H,2-3,5,7H2,1H3. The Balaban J connectivity index is 1.98. The van der Waals surface area contributed by atoms with Crippen LogP contribution in [-0.4, -0.2) is 37.9 Å². The average molecular weight is 358 g/mol. The van der Waals surface area contributed by atoms with Crippen molar-refractivity contribution in [2.45, 2.75) is 19.9 Å². The maximum Gasteiger partial charge on any atom is 0.117 e. The molecule has 2 heterocycles. The lowest BCUT2D eigenvalue weighted by molar-refractivity contribution is 0.475. The van der Waals surface area contributed by atoms with Crippen LogP contribution in [0.25, 0.3) is 22.5 Å². The number of aromatic hydroxyl groups is 1. The molecular weight excluding hydrogens is 338 g/mol. The van der Waals surface area contributed by atoms with Gasteiger partial charge in [0.2, 0.25) is 0 Å². The van der Waals surface area contributed by atoms with Crippen LogP contribution in [0.2, 0.25) is 5.02 Å². The molecule has 2 aromatic heterocycles. The number of nitrogens with zero attached hydrogens (tertiary/aromatic N) is 4. The van der Waals surface area contributed by atoms with Gasteiger partial charge in [0.25, 0.3) is 0 Å². The first-order chi connectivity index (χ1) is 12.2. The maximum absolute atomic E-state index is 9.87. The lowest BCUT2D eigenvalue weighted by Gasteiger charge is -2.04. The molecule has 0 spiro atoms. The molecule has 0 atom stereocenters. The molecule has 0 bridgehead atoms. The Labute approximate surface area is 151 Å². The molecule has 25 heavy (non-hydrogen) atoms. The average Bonchev–Trinajstić information content (AvgIpc) is 3.03. The summed E-state index contributed by atoms with van der Waals surface area (Å²) in [6, 6.07) is 6.79. The van der Waals surface area contributed by atoms with Crippen molar-refractivity contribution in [3.8, 4) is 28.3 Å². The molecule has 130 valence electrons. The van der Waals surface area contributed by atoms with Crippen molar-refractivity contribution in [2.24, 2.45) is 0 Å². The quantitative estimate of drug-likeness (QED) is 0.634. The van der Waals surface area contributed by atoms with Crippen molar-refractivity contribution < 1.29 is 5.11 Å². The number of rotatable bonds is 7. The summed E-state index contributed by atoms with van der Waals surface area (Å²) in [6.45, 7) is 4.77. The Morgan fingerprint density at radius 2 is 2.16 bits per heavy atom. The van der Waals surface area contributed by atoms with Gasteiger partial charge < -0.3 is 10.4 Å². The van der Waals surface area contributed by atoms with Crippen molar-refractivity contribution in [3.05, 3.63) is 48.0 Å². The van der Waals surface area contributed by atoms with Gasteiger partial charge in [0.15, 0.2) is 0 Å². The number of nitrogens with one attached hydrogen (secondary N) is 1. The van der Waals surface area contributed by atoms with Gasteiger partial charge >= 0.3 is 0 Å². The van der Waals surface area contributed by atoms with Crippen LogP contribution < -0.4 is 5.32 Å². The van der Waals surface area contributed by atoms with Gasteiger partial charge in [-0.05, 0) is 43.8 Å². The van der Waals surface area contributed by atoms with E-state index in [-0.39, 0.29) is 5.75 Å². The zero-order chi connectivity index (χ0) is 17.6. The van der Waals surface area contributed by atoms with Crippen LogP contribution in [0.5, 0.6) is 5.75 Å². The summed E-state index contributed by atoms with van der Waals surface area (Å²) in [5.41, 5.74) is 3.15. The molecule has 0 radical (unpaired) electrons. The van der Waals surface area contributed by atoms with Gasteiger partial charge in [-0.25, -0.2) is 9.97 Å². The van der Waals surface area contributed by atoms with Crippen LogP contribution in [-0.2, 0) is 6.54 Å². The summed E-state index contributed by atoms with van der Waals surface area (Å²) in [5, 5.41) is 18.3. The number of phenols is 1. The summed E-state index contributed by atoms with van der Waals surface area (Å²) >= 11 is 6.10. The van der Waals surface area contributed by atoms with E-state index in [2.05, 4.69) is 22.2 Å². The number of halogens is 1. The molecule has 0 unspecified atom stereocenters. The van der Waals surface area contributed by atoms with Crippen molar-refractivity contribution in [2.75, 3.05) is 13.1 Å². The van der Waals surface area contributed by atoms with Crippen LogP contribution in [0.4, 0.5) is 0 Å². The Morgan fingerprint density at radius 1 is 1.28 bits per heavy atom. The van der Waals surface area contributed by atoms with E-state index in [0.29, 0.717) is 5.02 Å². The third kappa shape index (κ3) is 4.35. The number of phenolic OH excluding ortho intramolecular Hbond substituents is 1. The smallest absolute Gasteiger partial charge is 0.117 e. The van der Waals surface area contributed by atoms with E-state index in [1.165, 1.54) is 12.4 Å². The molecule has 0 saturated carbocycles. The van der Waals surface area contributed by atoms with Crippen molar-refractivity contribution >= 4 is 11.6 Å². The highest BCUT2D eigenvalue weighted by atomic mass is 35.5. The summed E-state index contributed by atoms with van der Waals surface area (Å²) in [6.07, 6.45) is 6.15. The zero-order valence-electron chi connectivity index (χ0n) is 14.0. The van der Waals surface area contributed by atoms with Crippen LogP contribution in [0, 0.1) is 0 Å². The van der Waals surface area contributed by atoms with Crippen LogP contribution in [0.15, 0.2) is 43.0 Å². The molecule has 0 saturated heterocycles. The second-order valence-electron chi connectivity index (χ2n) is 5.65. The van der Waals surface area contributed by atoms with E-state index in [1.54, 1.807) is 18.3 Å². The third-order valence-corrected chi connectivity index (χ3v) is 3.98. The van der Waals surface area contributed by atoms with Gasteiger partial charge in [-0.1, -0.05) is 18.5 Å². The first-order valence-electron chi connectivity index (χ1n) is 8.22. The van der Waals surface area contributed by atoms with E-state index in [9.17, 15) is 5.11 Å². The number of benzene rings is 1. The Hall–Kier alpha value is -2.44. The highest BCUT2D eigenvalue weighted by molar-refractivity contribution is 6.31. The first-order valence-corrected chi connectivity index (χ1v) is 8.59. The minimum Gasteiger partial charge on any atom is -0.508 e. The first kappa shape index (κ1) is 17.4. The predicted molar refractivity (Wildman–Crippen MR) is 98.5 cm³/mol. The topological polar surface area (TPSA) is 75.9 Å². The molecule has 1 aromatic carbocycles. The van der Waals surface area contributed by atoms with Crippen molar-refractivity contribution in [3.63, 3.8) is 0 Å². The van der Waals surface area contributed by atoms with E-state index in [1.807, 2.05) is 16.9 Å². The number of aromatic nitrogens is 4. The SMILES string of the molecule is CCNCCCn1cc(-c2ccncn2)c(-c2cc(O)cc(Cl)c2)n1. The molecule has 3 aromatic rings. The van der Waals surface area contributed by atoms with Crippen LogP contribution in [0.1, 0.15) is 13.3 Å². The largest absolute Gasteiger partial charge is 0.508 e. The normalized spacial score (nSPS) is 11.0. The zero-order valence-corrected chi connectivity index (χ0v) is 14.7. The fraction of sp³-hybridized carbons (Fsp3) is 0.278. The molecule has 0 aliphatic rings. The fourth-order valence-corrected chi connectivity index (χ4v) is 2.87. The highest BCUT2D eigenvalue weighted by Crippen LogP contribution is 2.33. The summed E-state index contributed by atoms with van der Waals surface area (Å²) < 4.78 is 1.90. The second kappa shape index (κ2) is 8.09. The lowest BCUT2D eigenvalue weighted by atomic mass is 10.1. The Bertz CT molecular complexity index is 814. The molecule has 0 fully saturated rings. The Morgan fingerprint density at radius 3 is 2.88 bits per heavy atom. The highest BCUT2D eigenvalue weighted by Gasteiger charge is 2.15. The summed E-state index contributed by atoms with van der Waals surface area (Å²) in [5.74, 6) is 0.109. The molecule has 2 N–H and O–H groups in total.